The molecule has 1 aromatic carbocycles. The highest BCUT2D eigenvalue weighted by Crippen LogP contribution is 2.32. The normalized spacial score (nSPS) is 15.1. The van der Waals surface area contributed by atoms with Crippen LogP contribution in [0.5, 0.6) is 0 Å². The highest BCUT2D eigenvalue weighted by Gasteiger charge is 2.19. The molecule has 1 nitrogen and oxygen atoms in total. The second-order valence-corrected chi connectivity index (χ2v) is 8.14. The molecular weight excluding hydrogens is 308 g/mol. The van der Waals surface area contributed by atoms with E-state index in [4.69, 9.17) is 11.6 Å². The molecular formula is C16H15ClOS2. The minimum atomic E-state index is -0.0795. The van der Waals surface area contributed by atoms with Crippen LogP contribution in [0.3, 0.4) is 0 Å². The van der Waals surface area contributed by atoms with E-state index in [0.717, 1.165) is 4.88 Å². The molecule has 1 unspecified atom stereocenters. The molecule has 0 amide bonds. The number of hydrogen-bond acceptors (Lipinski definition) is 3. The van der Waals surface area contributed by atoms with Crippen LogP contribution >= 0.6 is 34.7 Å². The van der Waals surface area contributed by atoms with Crippen molar-refractivity contribution >= 4 is 40.5 Å². The minimum Gasteiger partial charge on any atom is -0.292 e. The fourth-order valence-electron chi connectivity index (χ4n) is 2.53. The van der Waals surface area contributed by atoms with Gasteiger partial charge in [0, 0.05) is 4.90 Å². The molecule has 4 heteroatoms. The second-order valence-electron chi connectivity index (χ2n) is 5.01. The van der Waals surface area contributed by atoms with Crippen LogP contribution in [0.25, 0.3) is 0 Å². The number of benzene rings is 1. The van der Waals surface area contributed by atoms with Crippen molar-refractivity contribution in [1.29, 1.82) is 0 Å². The van der Waals surface area contributed by atoms with Gasteiger partial charge in [0.25, 0.3) is 0 Å². The van der Waals surface area contributed by atoms with Crippen LogP contribution in [-0.2, 0) is 12.8 Å². The average Bonchev–Trinajstić information content (AvgIpc) is 3.05. The first-order valence-corrected chi connectivity index (χ1v) is 8.79. The lowest BCUT2D eigenvalue weighted by molar-refractivity contribution is 0.0998. The van der Waals surface area contributed by atoms with Gasteiger partial charge in [0.15, 0.2) is 5.78 Å². The maximum Gasteiger partial charge on any atom is 0.185 e. The fourth-order valence-corrected chi connectivity index (χ4v) is 4.67. The van der Waals surface area contributed by atoms with Crippen LogP contribution in [0, 0.1) is 0 Å². The van der Waals surface area contributed by atoms with Crippen molar-refractivity contribution in [2.75, 3.05) is 0 Å². The fraction of sp³-hybridized carbons (Fsp3) is 0.312. The smallest absolute Gasteiger partial charge is 0.185 e. The molecule has 0 saturated carbocycles. The van der Waals surface area contributed by atoms with Crippen LogP contribution in [0.4, 0.5) is 0 Å². The van der Waals surface area contributed by atoms with E-state index in [9.17, 15) is 4.79 Å². The quantitative estimate of drug-likeness (QED) is 0.564. The number of Topliss-reactive ketones (excluding diaryl/α,β-unsaturated/α-hetero) is 1. The molecule has 1 aliphatic carbocycles. The summed E-state index contributed by atoms with van der Waals surface area (Å²) in [6.45, 7) is 1.97. The van der Waals surface area contributed by atoms with Gasteiger partial charge in [-0.05, 0) is 61.6 Å². The Kier molecular flexibility index (Phi) is 4.20. The summed E-state index contributed by atoms with van der Waals surface area (Å²) in [5.41, 5.74) is 2.92. The summed E-state index contributed by atoms with van der Waals surface area (Å²) in [7, 11) is 0. The number of rotatable bonds is 4. The van der Waals surface area contributed by atoms with E-state index < -0.39 is 0 Å². The van der Waals surface area contributed by atoms with Crippen molar-refractivity contribution in [3.63, 3.8) is 0 Å². The van der Waals surface area contributed by atoms with Gasteiger partial charge in [-0.25, -0.2) is 0 Å². The molecule has 2 aromatic rings. The van der Waals surface area contributed by atoms with E-state index in [1.807, 2.05) is 13.0 Å². The predicted molar refractivity (Wildman–Crippen MR) is 87.4 cm³/mol. The van der Waals surface area contributed by atoms with Crippen LogP contribution < -0.4 is 0 Å². The van der Waals surface area contributed by atoms with Crippen molar-refractivity contribution in [3.05, 3.63) is 50.7 Å². The zero-order valence-corrected chi connectivity index (χ0v) is 13.6. The number of thioether (sulfide) groups is 1. The number of carbonyl (C=O) groups excluding carboxylic acids is 1. The van der Waals surface area contributed by atoms with Crippen molar-refractivity contribution < 1.29 is 4.79 Å². The van der Waals surface area contributed by atoms with Gasteiger partial charge in [0.05, 0.1) is 14.5 Å². The summed E-state index contributed by atoms with van der Waals surface area (Å²) in [5.74, 6) is 0.160. The van der Waals surface area contributed by atoms with Crippen LogP contribution in [0.1, 0.15) is 34.1 Å². The lowest BCUT2D eigenvalue weighted by atomic mass is 10.1. The molecule has 0 fully saturated rings. The maximum absolute atomic E-state index is 12.3. The number of fused-ring (bicyclic) bond motifs is 1. The third-order valence-electron chi connectivity index (χ3n) is 3.57. The monoisotopic (exact) mass is 322 g/mol. The van der Waals surface area contributed by atoms with Crippen molar-refractivity contribution in [2.45, 2.75) is 36.3 Å². The lowest BCUT2D eigenvalue weighted by Crippen LogP contribution is -2.11. The number of carbonyl (C=O) groups is 1. The molecule has 1 atom stereocenters. The van der Waals surface area contributed by atoms with Gasteiger partial charge in [-0.1, -0.05) is 17.7 Å². The van der Waals surface area contributed by atoms with Crippen molar-refractivity contribution in [3.8, 4) is 0 Å². The van der Waals surface area contributed by atoms with Gasteiger partial charge in [0.1, 0.15) is 0 Å². The maximum atomic E-state index is 12.3. The number of aryl methyl sites for hydroxylation is 2. The summed E-state index contributed by atoms with van der Waals surface area (Å²) in [6.07, 6.45) is 3.63. The Labute approximate surface area is 132 Å². The van der Waals surface area contributed by atoms with Crippen LogP contribution in [0.2, 0.25) is 4.34 Å². The first-order chi connectivity index (χ1) is 9.63. The zero-order valence-electron chi connectivity index (χ0n) is 11.2. The molecule has 0 spiro atoms. The molecule has 20 heavy (non-hydrogen) atoms. The Morgan fingerprint density at radius 2 is 2.05 bits per heavy atom. The Bertz CT molecular complexity index is 648. The molecule has 104 valence electrons. The average molecular weight is 323 g/mol. The van der Waals surface area contributed by atoms with E-state index in [1.54, 1.807) is 17.8 Å². The highest BCUT2D eigenvalue weighted by molar-refractivity contribution is 8.00. The molecule has 0 bridgehead atoms. The van der Waals surface area contributed by atoms with Crippen LogP contribution in [0.15, 0.2) is 35.2 Å². The molecule has 0 saturated heterocycles. The van der Waals surface area contributed by atoms with Crippen molar-refractivity contribution in [1.82, 2.24) is 0 Å². The SMILES string of the molecule is CC(Sc1ccc2c(c1)CCC2)C(=O)c1ccc(Cl)s1. The van der Waals surface area contributed by atoms with Gasteiger partial charge in [-0.2, -0.15) is 0 Å². The summed E-state index contributed by atoms with van der Waals surface area (Å²) < 4.78 is 0.670. The highest BCUT2D eigenvalue weighted by atomic mass is 35.5. The number of ketones is 1. The van der Waals surface area contributed by atoms with E-state index in [0.29, 0.717) is 4.34 Å². The Morgan fingerprint density at radius 3 is 2.80 bits per heavy atom. The van der Waals surface area contributed by atoms with Gasteiger partial charge in [-0.3, -0.25) is 4.79 Å². The number of thiophene rings is 1. The lowest BCUT2D eigenvalue weighted by Gasteiger charge is -2.10. The standard InChI is InChI=1S/C16H15ClOS2/c1-10(16(18)14-7-8-15(17)20-14)19-13-6-5-11-3-2-4-12(11)9-13/h5-10H,2-4H2,1H3. The predicted octanol–water partition coefficient (Wildman–Crippen LogP) is 5.25. The van der Waals surface area contributed by atoms with E-state index in [1.165, 1.54) is 46.6 Å². The Hall–Kier alpha value is -0.770. The van der Waals surface area contributed by atoms with E-state index in [2.05, 4.69) is 18.2 Å². The van der Waals surface area contributed by atoms with Gasteiger partial charge in [-0.15, -0.1) is 23.1 Å². The van der Waals surface area contributed by atoms with E-state index >= 15 is 0 Å². The Balaban J connectivity index is 1.72. The molecule has 1 aliphatic rings. The first-order valence-electron chi connectivity index (χ1n) is 6.71. The van der Waals surface area contributed by atoms with E-state index in [-0.39, 0.29) is 11.0 Å². The summed E-state index contributed by atoms with van der Waals surface area (Å²) >= 11 is 8.89. The van der Waals surface area contributed by atoms with Gasteiger partial charge >= 0.3 is 0 Å². The second kappa shape index (κ2) is 5.92. The van der Waals surface area contributed by atoms with Gasteiger partial charge in [0.2, 0.25) is 0 Å². The summed E-state index contributed by atoms with van der Waals surface area (Å²) in [6, 6.07) is 10.2. The molecule has 1 heterocycles. The number of hydrogen-bond donors (Lipinski definition) is 0. The third kappa shape index (κ3) is 2.95. The molecule has 0 N–H and O–H groups in total. The zero-order chi connectivity index (χ0) is 14.1. The summed E-state index contributed by atoms with van der Waals surface area (Å²) in [5, 5.41) is -0.0795. The Morgan fingerprint density at radius 1 is 1.25 bits per heavy atom. The van der Waals surface area contributed by atoms with Crippen LogP contribution in [-0.4, -0.2) is 11.0 Å². The largest absolute Gasteiger partial charge is 0.292 e. The number of halogens is 1. The molecule has 1 aromatic heterocycles. The minimum absolute atomic E-state index is 0.0795. The van der Waals surface area contributed by atoms with Gasteiger partial charge < -0.3 is 0 Å². The molecule has 0 aliphatic heterocycles. The topological polar surface area (TPSA) is 17.1 Å². The molecule has 3 rings (SSSR count). The first kappa shape index (κ1) is 14.2. The third-order valence-corrected chi connectivity index (χ3v) is 5.91. The molecule has 0 radical (unpaired) electrons. The van der Waals surface area contributed by atoms with Crippen molar-refractivity contribution in [2.24, 2.45) is 0 Å². The summed E-state index contributed by atoms with van der Waals surface area (Å²) in [4.78, 5) is 14.3.